The molecule has 1 heterocycles. The predicted molar refractivity (Wildman–Crippen MR) is 110 cm³/mol. The van der Waals surface area contributed by atoms with Crippen molar-refractivity contribution in [1.29, 1.82) is 0 Å². The average Bonchev–Trinajstić information content (AvgIpc) is 2.73. The van der Waals surface area contributed by atoms with E-state index in [9.17, 15) is 9.50 Å². The molecule has 1 aliphatic heterocycles. The SMILES string of the molecule is COc1ccc([C@H]2[C@H]3CCCC[C@]3(O)CC[NH+]2Cc2cccc(F)c2)c(OC)c1. The largest absolute Gasteiger partial charge is 0.497 e. The lowest BCUT2D eigenvalue weighted by molar-refractivity contribution is -0.958. The Morgan fingerprint density at radius 1 is 1.10 bits per heavy atom. The zero-order chi connectivity index (χ0) is 20.4. The molecule has 2 N–H and O–H groups in total. The third kappa shape index (κ3) is 3.99. The van der Waals surface area contributed by atoms with Gasteiger partial charge < -0.3 is 19.5 Å². The second-order valence-electron chi connectivity index (χ2n) is 8.51. The van der Waals surface area contributed by atoms with Gasteiger partial charge in [0, 0.05) is 24.0 Å². The zero-order valence-corrected chi connectivity index (χ0v) is 17.3. The quantitative estimate of drug-likeness (QED) is 0.809. The lowest BCUT2D eigenvalue weighted by Gasteiger charge is -2.50. The second-order valence-corrected chi connectivity index (χ2v) is 8.51. The van der Waals surface area contributed by atoms with Crippen LogP contribution in [0.25, 0.3) is 0 Å². The van der Waals surface area contributed by atoms with Crippen LogP contribution in [0.2, 0.25) is 0 Å². The molecular weight excluding hydrogens is 369 g/mol. The summed E-state index contributed by atoms with van der Waals surface area (Å²) in [6.45, 7) is 1.58. The van der Waals surface area contributed by atoms with Crippen molar-refractivity contribution < 1.29 is 23.9 Å². The van der Waals surface area contributed by atoms with Gasteiger partial charge in [0.05, 0.1) is 31.9 Å². The summed E-state index contributed by atoms with van der Waals surface area (Å²) in [6.07, 6.45) is 4.87. The fourth-order valence-corrected chi connectivity index (χ4v) is 5.47. The van der Waals surface area contributed by atoms with E-state index in [0.29, 0.717) is 0 Å². The molecule has 2 aromatic carbocycles. The third-order valence-corrected chi connectivity index (χ3v) is 6.88. The van der Waals surface area contributed by atoms with Crippen LogP contribution in [0.5, 0.6) is 11.5 Å². The van der Waals surface area contributed by atoms with E-state index in [2.05, 4.69) is 6.07 Å². The molecule has 4 nitrogen and oxygen atoms in total. The van der Waals surface area contributed by atoms with Crippen molar-refractivity contribution in [1.82, 2.24) is 0 Å². The summed E-state index contributed by atoms with van der Waals surface area (Å²) in [4.78, 5) is 1.36. The lowest BCUT2D eigenvalue weighted by Crippen LogP contribution is -3.13. The highest BCUT2D eigenvalue weighted by Gasteiger charge is 2.52. The molecule has 0 radical (unpaired) electrons. The summed E-state index contributed by atoms with van der Waals surface area (Å²) in [5.74, 6) is 1.51. The van der Waals surface area contributed by atoms with Crippen molar-refractivity contribution in [3.63, 3.8) is 0 Å². The van der Waals surface area contributed by atoms with Crippen molar-refractivity contribution in [2.75, 3.05) is 20.8 Å². The molecule has 4 rings (SSSR count). The molecule has 0 aromatic heterocycles. The van der Waals surface area contributed by atoms with E-state index in [4.69, 9.17) is 9.47 Å². The van der Waals surface area contributed by atoms with Crippen LogP contribution in [-0.4, -0.2) is 31.5 Å². The highest BCUT2D eigenvalue weighted by molar-refractivity contribution is 5.42. The van der Waals surface area contributed by atoms with E-state index in [0.717, 1.165) is 67.8 Å². The van der Waals surface area contributed by atoms with Crippen LogP contribution in [0.3, 0.4) is 0 Å². The van der Waals surface area contributed by atoms with E-state index < -0.39 is 5.60 Å². The third-order valence-electron chi connectivity index (χ3n) is 6.88. The number of quaternary nitrogens is 1. The molecule has 1 unspecified atom stereocenters. The molecule has 156 valence electrons. The van der Waals surface area contributed by atoms with E-state index >= 15 is 0 Å². The molecule has 2 aromatic rings. The van der Waals surface area contributed by atoms with Crippen LogP contribution in [0, 0.1) is 11.7 Å². The maximum absolute atomic E-state index is 13.8. The van der Waals surface area contributed by atoms with Crippen LogP contribution in [0.15, 0.2) is 42.5 Å². The number of hydrogen-bond acceptors (Lipinski definition) is 3. The Hall–Kier alpha value is -2.11. The smallest absolute Gasteiger partial charge is 0.131 e. The fourth-order valence-electron chi connectivity index (χ4n) is 5.47. The van der Waals surface area contributed by atoms with Gasteiger partial charge in [-0.2, -0.15) is 0 Å². The Kier molecular flexibility index (Phi) is 5.79. The van der Waals surface area contributed by atoms with Gasteiger partial charge in [-0.1, -0.05) is 25.0 Å². The number of nitrogens with one attached hydrogen (secondary N) is 1. The molecule has 4 atom stereocenters. The molecule has 0 amide bonds. The highest BCUT2D eigenvalue weighted by atomic mass is 19.1. The minimum absolute atomic E-state index is 0.0955. The Labute approximate surface area is 172 Å². The number of aliphatic hydroxyl groups is 1. The van der Waals surface area contributed by atoms with E-state index in [-0.39, 0.29) is 17.8 Å². The molecule has 2 fully saturated rings. The molecule has 2 aliphatic rings. The predicted octanol–water partition coefficient (Wildman–Crippen LogP) is 3.29. The first kappa shape index (κ1) is 20.2. The lowest BCUT2D eigenvalue weighted by atomic mass is 9.66. The molecular formula is C24H31FNO3+. The average molecular weight is 401 g/mol. The summed E-state index contributed by atoms with van der Waals surface area (Å²) in [5, 5.41) is 11.5. The number of halogens is 1. The van der Waals surface area contributed by atoms with Crippen LogP contribution < -0.4 is 14.4 Å². The molecule has 1 aliphatic carbocycles. The van der Waals surface area contributed by atoms with E-state index in [1.54, 1.807) is 26.4 Å². The number of methoxy groups -OCH3 is 2. The van der Waals surface area contributed by atoms with Crippen LogP contribution >= 0.6 is 0 Å². The minimum Gasteiger partial charge on any atom is -0.497 e. The summed E-state index contributed by atoms with van der Waals surface area (Å²) in [5.41, 5.74) is 1.46. The van der Waals surface area contributed by atoms with Crippen LogP contribution in [-0.2, 0) is 6.54 Å². The Bertz CT molecular complexity index is 858. The summed E-state index contributed by atoms with van der Waals surface area (Å²) in [7, 11) is 3.33. The minimum atomic E-state index is -0.626. The molecule has 0 spiro atoms. The van der Waals surface area contributed by atoms with Crippen molar-refractivity contribution >= 4 is 0 Å². The topological polar surface area (TPSA) is 43.1 Å². The summed E-state index contributed by atoms with van der Waals surface area (Å²) in [6, 6.07) is 12.9. The summed E-state index contributed by atoms with van der Waals surface area (Å²) < 4.78 is 24.9. The van der Waals surface area contributed by atoms with E-state index in [1.807, 2.05) is 18.2 Å². The molecule has 1 saturated heterocycles. The molecule has 0 bridgehead atoms. The number of likely N-dealkylation sites (tertiary alicyclic amines) is 1. The first-order valence-corrected chi connectivity index (χ1v) is 10.6. The van der Waals surface area contributed by atoms with Gasteiger partial charge in [0.1, 0.15) is 29.9 Å². The normalized spacial score (nSPS) is 29.2. The van der Waals surface area contributed by atoms with Gasteiger partial charge in [-0.25, -0.2) is 4.39 Å². The van der Waals surface area contributed by atoms with Crippen molar-refractivity contribution in [3.05, 3.63) is 59.4 Å². The zero-order valence-electron chi connectivity index (χ0n) is 17.3. The number of rotatable bonds is 5. The number of hydrogen-bond donors (Lipinski definition) is 2. The van der Waals surface area contributed by atoms with Crippen molar-refractivity contribution in [3.8, 4) is 11.5 Å². The standard InChI is InChI=1S/C24H30FNO3/c1-28-19-9-10-20(22(15-19)29-2)23-21-8-3-4-11-24(21,27)12-13-26(23)16-17-6-5-7-18(25)14-17/h5-7,9-10,14-15,21,23,27H,3-4,8,11-13,16H2,1-2H3/p+1/t21-,23+,24+/m1/s1. The Morgan fingerprint density at radius 2 is 1.97 bits per heavy atom. The number of ether oxygens (including phenoxy) is 2. The van der Waals surface area contributed by atoms with Crippen LogP contribution in [0.4, 0.5) is 4.39 Å². The number of piperidine rings is 1. The summed E-state index contributed by atoms with van der Waals surface area (Å²) >= 11 is 0. The number of benzene rings is 2. The van der Waals surface area contributed by atoms with Gasteiger partial charge in [0.2, 0.25) is 0 Å². The maximum atomic E-state index is 13.8. The van der Waals surface area contributed by atoms with Gasteiger partial charge in [-0.3, -0.25) is 0 Å². The molecule has 5 heteroatoms. The van der Waals surface area contributed by atoms with Gasteiger partial charge >= 0.3 is 0 Å². The van der Waals surface area contributed by atoms with Crippen molar-refractivity contribution in [2.45, 2.75) is 50.3 Å². The maximum Gasteiger partial charge on any atom is 0.131 e. The van der Waals surface area contributed by atoms with Crippen LogP contribution in [0.1, 0.15) is 49.3 Å². The molecule has 1 saturated carbocycles. The van der Waals surface area contributed by atoms with E-state index in [1.165, 1.54) is 11.0 Å². The van der Waals surface area contributed by atoms with Gasteiger partial charge in [-0.05, 0) is 37.1 Å². The van der Waals surface area contributed by atoms with Crippen molar-refractivity contribution in [2.24, 2.45) is 5.92 Å². The number of fused-ring (bicyclic) bond motifs is 1. The second kappa shape index (κ2) is 8.33. The Morgan fingerprint density at radius 3 is 2.72 bits per heavy atom. The van der Waals surface area contributed by atoms with Gasteiger partial charge in [0.25, 0.3) is 0 Å². The first-order chi connectivity index (χ1) is 14.0. The Balaban J connectivity index is 1.74. The highest BCUT2D eigenvalue weighted by Crippen LogP contribution is 2.46. The fraction of sp³-hybridized carbons (Fsp3) is 0.500. The molecule has 29 heavy (non-hydrogen) atoms. The first-order valence-electron chi connectivity index (χ1n) is 10.6. The monoisotopic (exact) mass is 400 g/mol. The van der Waals surface area contributed by atoms with Gasteiger partial charge in [0.15, 0.2) is 0 Å². The van der Waals surface area contributed by atoms with Gasteiger partial charge in [-0.15, -0.1) is 0 Å².